The van der Waals surface area contributed by atoms with Crippen molar-refractivity contribution in [2.75, 3.05) is 25.2 Å². The molecular weight excluding hydrogens is 438 g/mol. The summed E-state index contributed by atoms with van der Waals surface area (Å²) in [6.07, 6.45) is 1.28. The lowest BCUT2D eigenvalue weighted by Gasteiger charge is -2.18. The number of hydrogen-bond acceptors (Lipinski definition) is 4. The molecule has 0 aliphatic carbocycles. The van der Waals surface area contributed by atoms with Crippen molar-refractivity contribution in [1.82, 2.24) is 9.55 Å². The lowest BCUT2D eigenvalue weighted by atomic mass is 10.1. The Labute approximate surface area is 206 Å². The number of amides is 1. The minimum atomic E-state index is 0.0478. The van der Waals surface area contributed by atoms with E-state index in [-0.39, 0.29) is 11.8 Å². The standard InChI is InChI=1S/C29H31N3O3/c1-20-13-14-23(17-21(20)2)32-19-22(18-28(32)33)29-30-24-9-4-5-10-25(24)31(29)15-8-16-35-27-12-7-6-11-26(27)34-3/h4-7,9-14,17,22H,8,15-16,18-19H2,1-3H3/t22-/m0/s1. The van der Waals surface area contributed by atoms with Crippen LogP contribution in [0.2, 0.25) is 0 Å². The van der Waals surface area contributed by atoms with Gasteiger partial charge in [-0.2, -0.15) is 0 Å². The van der Waals surface area contributed by atoms with E-state index in [1.165, 1.54) is 11.1 Å². The second-order valence-corrected chi connectivity index (χ2v) is 9.14. The van der Waals surface area contributed by atoms with Gasteiger partial charge in [0.1, 0.15) is 5.82 Å². The van der Waals surface area contributed by atoms with Crippen LogP contribution in [0.1, 0.15) is 35.7 Å². The van der Waals surface area contributed by atoms with Gasteiger partial charge in [-0.15, -0.1) is 0 Å². The van der Waals surface area contributed by atoms with E-state index < -0.39 is 0 Å². The molecule has 0 saturated carbocycles. The second kappa shape index (κ2) is 9.82. The zero-order valence-corrected chi connectivity index (χ0v) is 20.5. The van der Waals surface area contributed by atoms with Gasteiger partial charge in [0.25, 0.3) is 0 Å². The van der Waals surface area contributed by atoms with E-state index in [4.69, 9.17) is 14.5 Å². The van der Waals surface area contributed by atoms with Gasteiger partial charge in [0.2, 0.25) is 5.91 Å². The van der Waals surface area contributed by atoms with Crippen molar-refractivity contribution in [2.45, 2.75) is 39.2 Å². The van der Waals surface area contributed by atoms with Crippen LogP contribution in [0, 0.1) is 13.8 Å². The van der Waals surface area contributed by atoms with Crippen LogP contribution in [0.5, 0.6) is 11.5 Å². The van der Waals surface area contributed by atoms with Crippen molar-refractivity contribution >= 4 is 22.6 Å². The number of nitrogens with zero attached hydrogens (tertiary/aromatic N) is 3. The predicted molar refractivity (Wildman–Crippen MR) is 138 cm³/mol. The highest BCUT2D eigenvalue weighted by Crippen LogP contribution is 2.34. The number of fused-ring (bicyclic) bond motifs is 1. The molecule has 2 heterocycles. The van der Waals surface area contributed by atoms with Crippen molar-refractivity contribution in [3.63, 3.8) is 0 Å². The van der Waals surface area contributed by atoms with E-state index in [9.17, 15) is 4.79 Å². The van der Waals surface area contributed by atoms with Gasteiger partial charge in [-0.1, -0.05) is 30.3 Å². The maximum atomic E-state index is 13.0. The first-order valence-electron chi connectivity index (χ1n) is 12.1. The molecule has 0 unspecified atom stereocenters. The molecule has 1 amide bonds. The molecule has 0 spiro atoms. The Kier molecular flexibility index (Phi) is 6.45. The molecule has 0 radical (unpaired) electrons. The maximum Gasteiger partial charge on any atom is 0.227 e. The number of rotatable bonds is 8. The molecule has 6 heteroatoms. The van der Waals surface area contributed by atoms with Crippen LogP contribution >= 0.6 is 0 Å². The number of anilines is 1. The minimum Gasteiger partial charge on any atom is -0.493 e. The number of benzene rings is 3. The van der Waals surface area contributed by atoms with Gasteiger partial charge in [0.05, 0.1) is 24.8 Å². The van der Waals surface area contributed by atoms with Crippen LogP contribution in [-0.4, -0.2) is 35.7 Å². The summed E-state index contributed by atoms with van der Waals surface area (Å²) in [4.78, 5) is 19.9. The zero-order chi connectivity index (χ0) is 24.4. The fourth-order valence-electron chi connectivity index (χ4n) is 4.81. The molecule has 1 aliphatic rings. The summed E-state index contributed by atoms with van der Waals surface area (Å²) < 4.78 is 13.6. The normalized spacial score (nSPS) is 15.7. The zero-order valence-electron chi connectivity index (χ0n) is 20.5. The Morgan fingerprint density at radius 3 is 2.54 bits per heavy atom. The molecule has 35 heavy (non-hydrogen) atoms. The number of methoxy groups -OCH3 is 1. The lowest BCUT2D eigenvalue weighted by molar-refractivity contribution is -0.117. The van der Waals surface area contributed by atoms with Gasteiger partial charge in [-0.05, 0) is 67.8 Å². The number of para-hydroxylation sites is 4. The van der Waals surface area contributed by atoms with Crippen molar-refractivity contribution in [1.29, 1.82) is 0 Å². The summed E-state index contributed by atoms with van der Waals surface area (Å²) in [7, 11) is 1.65. The molecule has 1 fully saturated rings. The number of carbonyl (C=O) groups is 1. The summed E-state index contributed by atoms with van der Waals surface area (Å²) in [5, 5.41) is 0. The Morgan fingerprint density at radius 2 is 1.74 bits per heavy atom. The number of aryl methyl sites for hydroxylation is 3. The van der Waals surface area contributed by atoms with Crippen molar-refractivity contribution in [3.8, 4) is 11.5 Å². The Balaban J connectivity index is 1.35. The van der Waals surface area contributed by atoms with Crippen LogP contribution in [0.4, 0.5) is 5.69 Å². The smallest absolute Gasteiger partial charge is 0.227 e. The number of hydrogen-bond donors (Lipinski definition) is 0. The van der Waals surface area contributed by atoms with Crippen LogP contribution in [-0.2, 0) is 11.3 Å². The van der Waals surface area contributed by atoms with Crippen molar-refractivity contribution in [2.24, 2.45) is 0 Å². The molecule has 180 valence electrons. The van der Waals surface area contributed by atoms with Crippen LogP contribution in [0.25, 0.3) is 11.0 Å². The Hall–Kier alpha value is -3.80. The molecular formula is C29H31N3O3. The van der Waals surface area contributed by atoms with E-state index in [0.29, 0.717) is 19.6 Å². The molecule has 1 atom stereocenters. The SMILES string of the molecule is COc1ccccc1OCCCn1c([C@H]2CC(=O)N(c3ccc(C)c(C)c3)C2)nc2ccccc21. The first-order chi connectivity index (χ1) is 17.0. The highest BCUT2D eigenvalue weighted by atomic mass is 16.5. The highest BCUT2D eigenvalue weighted by Gasteiger charge is 2.34. The number of ether oxygens (including phenoxy) is 2. The second-order valence-electron chi connectivity index (χ2n) is 9.14. The molecule has 0 N–H and O–H groups in total. The van der Waals surface area contributed by atoms with Crippen LogP contribution < -0.4 is 14.4 Å². The summed E-state index contributed by atoms with van der Waals surface area (Å²) in [6, 6.07) is 22.1. The Morgan fingerprint density at radius 1 is 0.971 bits per heavy atom. The topological polar surface area (TPSA) is 56.6 Å². The first kappa shape index (κ1) is 23.0. The van der Waals surface area contributed by atoms with Crippen molar-refractivity contribution in [3.05, 3.63) is 83.7 Å². The average molecular weight is 470 g/mol. The van der Waals surface area contributed by atoms with Crippen LogP contribution in [0.15, 0.2) is 66.7 Å². The monoisotopic (exact) mass is 469 g/mol. The van der Waals surface area contributed by atoms with Gasteiger partial charge in [0.15, 0.2) is 11.5 Å². The molecule has 1 aliphatic heterocycles. The number of carbonyl (C=O) groups excluding carboxylic acids is 1. The third-order valence-corrected chi connectivity index (χ3v) is 6.83. The third-order valence-electron chi connectivity index (χ3n) is 6.83. The van der Waals surface area contributed by atoms with Crippen molar-refractivity contribution < 1.29 is 14.3 Å². The quantitative estimate of drug-likeness (QED) is 0.313. The fraction of sp³-hybridized carbons (Fsp3) is 0.310. The summed E-state index contributed by atoms with van der Waals surface area (Å²) in [5.74, 6) is 2.65. The summed E-state index contributed by atoms with van der Waals surface area (Å²) >= 11 is 0. The summed E-state index contributed by atoms with van der Waals surface area (Å²) in [6.45, 7) is 6.14. The van der Waals surface area contributed by atoms with E-state index in [2.05, 4.69) is 36.6 Å². The number of aromatic nitrogens is 2. The molecule has 0 bridgehead atoms. The van der Waals surface area contributed by atoms with Gasteiger partial charge in [-0.25, -0.2) is 4.98 Å². The minimum absolute atomic E-state index is 0.0478. The van der Waals surface area contributed by atoms with E-state index in [1.807, 2.05) is 53.4 Å². The van der Waals surface area contributed by atoms with E-state index in [0.717, 1.165) is 47.0 Å². The van der Waals surface area contributed by atoms with Gasteiger partial charge >= 0.3 is 0 Å². The molecule has 4 aromatic rings. The molecule has 3 aromatic carbocycles. The van der Waals surface area contributed by atoms with Gasteiger partial charge in [0, 0.05) is 31.1 Å². The van der Waals surface area contributed by atoms with Crippen LogP contribution in [0.3, 0.4) is 0 Å². The van der Waals surface area contributed by atoms with E-state index in [1.54, 1.807) is 7.11 Å². The molecule has 1 aromatic heterocycles. The number of imidazole rings is 1. The Bertz CT molecular complexity index is 1360. The molecule has 1 saturated heterocycles. The summed E-state index contributed by atoms with van der Waals surface area (Å²) in [5.41, 5.74) is 5.45. The average Bonchev–Trinajstić information content (AvgIpc) is 3.44. The fourth-order valence-corrected chi connectivity index (χ4v) is 4.81. The van der Waals surface area contributed by atoms with E-state index >= 15 is 0 Å². The first-order valence-corrected chi connectivity index (χ1v) is 12.1. The van der Waals surface area contributed by atoms with Gasteiger partial charge < -0.3 is 18.9 Å². The third kappa shape index (κ3) is 4.61. The molecule has 5 rings (SSSR count). The highest BCUT2D eigenvalue weighted by molar-refractivity contribution is 5.96. The van der Waals surface area contributed by atoms with Gasteiger partial charge in [-0.3, -0.25) is 4.79 Å². The predicted octanol–water partition coefficient (Wildman–Crippen LogP) is 5.65. The largest absolute Gasteiger partial charge is 0.493 e. The molecule has 6 nitrogen and oxygen atoms in total. The lowest BCUT2D eigenvalue weighted by Crippen LogP contribution is -2.24. The maximum absolute atomic E-state index is 13.0.